The van der Waals surface area contributed by atoms with Gasteiger partial charge in [0.2, 0.25) is 5.91 Å². The number of benzene rings is 1. The van der Waals surface area contributed by atoms with Crippen LogP contribution in [0.2, 0.25) is 0 Å². The number of primary amides is 1. The lowest BCUT2D eigenvalue weighted by Crippen LogP contribution is -2.25. The number of rotatable bonds is 5. The molecule has 0 saturated carbocycles. The van der Waals surface area contributed by atoms with Crippen molar-refractivity contribution in [3.05, 3.63) is 52.6 Å². The van der Waals surface area contributed by atoms with Crippen molar-refractivity contribution in [2.75, 3.05) is 13.7 Å². The monoisotopic (exact) mass is 328 g/mol. The molecule has 2 heterocycles. The summed E-state index contributed by atoms with van der Waals surface area (Å²) in [5.41, 5.74) is 9.12. The predicted octanol–water partition coefficient (Wildman–Crippen LogP) is 2.09. The number of nitrogens with one attached hydrogen (secondary N) is 1. The molecule has 2 atom stereocenters. The first kappa shape index (κ1) is 16.7. The molecular formula is C18H24N4O2. The van der Waals surface area contributed by atoms with Crippen LogP contribution in [0.25, 0.3) is 0 Å². The highest BCUT2D eigenvalue weighted by molar-refractivity contribution is 5.92. The Hall–Kier alpha value is -2.18. The van der Waals surface area contributed by atoms with Crippen LogP contribution in [0.5, 0.6) is 0 Å². The van der Waals surface area contributed by atoms with E-state index in [1.807, 2.05) is 26.0 Å². The van der Waals surface area contributed by atoms with Crippen LogP contribution in [0.4, 0.5) is 0 Å². The van der Waals surface area contributed by atoms with E-state index in [4.69, 9.17) is 10.5 Å². The van der Waals surface area contributed by atoms with E-state index in [2.05, 4.69) is 14.9 Å². The van der Waals surface area contributed by atoms with Gasteiger partial charge in [0.15, 0.2) is 0 Å². The first-order valence-corrected chi connectivity index (χ1v) is 8.16. The molecule has 6 heteroatoms. The molecule has 1 aromatic carbocycles. The van der Waals surface area contributed by atoms with Gasteiger partial charge < -0.3 is 15.5 Å². The average molecular weight is 328 g/mol. The van der Waals surface area contributed by atoms with Crippen LogP contribution in [-0.4, -0.2) is 40.5 Å². The number of nitrogens with zero attached hydrogens (tertiary/aromatic N) is 2. The SMILES string of the molecule is CO[C@@H]1C[C@@H](c2nc(C)c(C)[nH]2)N(Cc2ccc(C(N)=O)cc2)C1. The summed E-state index contributed by atoms with van der Waals surface area (Å²) in [4.78, 5) is 21.6. The second-order valence-electron chi connectivity index (χ2n) is 6.43. The number of amides is 1. The topological polar surface area (TPSA) is 84.2 Å². The summed E-state index contributed by atoms with van der Waals surface area (Å²) < 4.78 is 5.57. The number of H-pyrrole nitrogens is 1. The van der Waals surface area contributed by atoms with Crippen molar-refractivity contribution < 1.29 is 9.53 Å². The van der Waals surface area contributed by atoms with Gasteiger partial charge in [0.1, 0.15) is 5.82 Å². The third-order valence-electron chi connectivity index (χ3n) is 4.78. The van der Waals surface area contributed by atoms with E-state index in [1.165, 1.54) is 0 Å². The minimum absolute atomic E-state index is 0.200. The molecule has 2 aromatic rings. The summed E-state index contributed by atoms with van der Waals surface area (Å²) in [5.74, 6) is 0.597. The van der Waals surface area contributed by atoms with Crippen LogP contribution in [0.1, 0.15) is 45.6 Å². The van der Waals surface area contributed by atoms with E-state index in [0.29, 0.717) is 5.56 Å². The molecule has 3 rings (SSSR count). The molecule has 0 aliphatic carbocycles. The Kier molecular flexibility index (Phi) is 4.69. The molecule has 24 heavy (non-hydrogen) atoms. The normalized spacial score (nSPS) is 21.3. The lowest BCUT2D eigenvalue weighted by molar-refractivity contribution is 0.1000. The van der Waals surface area contributed by atoms with Crippen LogP contribution in [-0.2, 0) is 11.3 Å². The molecule has 1 aromatic heterocycles. The van der Waals surface area contributed by atoms with Crippen molar-refractivity contribution in [3.63, 3.8) is 0 Å². The molecule has 1 fully saturated rings. The largest absolute Gasteiger partial charge is 0.380 e. The van der Waals surface area contributed by atoms with Crippen molar-refractivity contribution in [1.29, 1.82) is 0 Å². The Labute approximate surface area is 142 Å². The summed E-state index contributed by atoms with van der Waals surface area (Å²) in [6.45, 7) is 5.70. The van der Waals surface area contributed by atoms with E-state index >= 15 is 0 Å². The standard InChI is InChI=1S/C18H24N4O2/c1-11-12(2)21-18(20-11)16-8-15(24-3)10-22(16)9-13-4-6-14(7-5-13)17(19)23/h4-7,15-16H,8-10H2,1-3H3,(H2,19,23)(H,20,21)/t15-,16+/m1/s1. The Balaban J connectivity index is 1.79. The third kappa shape index (κ3) is 3.34. The number of hydrogen-bond acceptors (Lipinski definition) is 4. The summed E-state index contributed by atoms with van der Waals surface area (Å²) in [6.07, 6.45) is 1.12. The van der Waals surface area contributed by atoms with Crippen molar-refractivity contribution in [3.8, 4) is 0 Å². The van der Waals surface area contributed by atoms with E-state index in [1.54, 1.807) is 19.2 Å². The van der Waals surface area contributed by atoms with Gasteiger partial charge in [-0.1, -0.05) is 12.1 Å². The van der Waals surface area contributed by atoms with Crippen LogP contribution >= 0.6 is 0 Å². The molecular weight excluding hydrogens is 304 g/mol. The Morgan fingerprint density at radius 3 is 2.62 bits per heavy atom. The van der Waals surface area contributed by atoms with E-state index in [0.717, 1.165) is 42.3 Å². The number of methoxy groups -OCH3 is 1. The number of aryl methyl sites for hydroxylation is 2. The quantitative estimate of drug-likeness (QED) is 0.880. The molecule has 1 saturated heterocycles. The fourth-order valence-electron chi connectivity index (χ4n) is 3.23. The molecule has 6 nitrogen and oxygen atoms in total. The van der Waals surface area contributed by atoms with Crippen molar-refractivity contribution >= 4 is 5.91 Å². The van der Waals surface area contributed by atoms with Crippen LogP contribution < -0.4 is 5.73 Å². The molecule has 1 aliphatic rings. The maximum absolute atomic E-state index is 11.2. The van der Waals surface area contributed by atoms with Gasteiger partial charge in [0.05, 0.1) is 17.8 Å². The van der Waals surface area contributed by atoms with Gasteiger partial charge in [-0.05, 0) is 38.0 Å². The number of aromatic amines is 1. The third-order valence-corrected chi connectivity index (χ3v) is 4.78. The summed E-state index contributed by atoms with van der Waals surface area (Å²) in [7, 11) is 1.76. The number of imidazole rings is 1. The van der Waals surface area contributed by atoms with E-state index in [-0.39, 0.29) is 12.1 Å². The zero-order valence-electron chi connectivity index (χ0n) is 14.4. The molecule has 1 amide bonds. The van der Waals surface area contributed by atoms with Gasteiger partial charge in [-0.25, -0.2) is 4.98 Å². The number of aromatic nitrogens is 2. The van der Waals surface area contributed by atoms with Gasteiger partial charge in [-0.3, -0.25) is 9.69 Å². The smallest absolute Gasteiger partial charge is 0.248 e. The van der Waals surface area contributed by atoms with Gasteiger partial charge in [0, 0.05) is 31.5 Å². The molecule has 0 spiro atoms. The summed E-state index contributed by atoms with van der Waals surface area (Å²) in [6, 6.07) is 7.67. The maximum Gasteiger partial charge on any atom is 0.248 e. The zero-order valence-corrected chi connectivity index (χ0v) is 14.4. The van der Waals surface area contributed by atoms with Gasteiger partial charge in [-0.2, -0.15) is 0 Å². The predicted molar refractivity (Wildman–Crippen MR) is 91.6 cm³/mol. The second-order valence-corrected chi connectivity index (χ2v) is 6.43. The Morgan fingerprint density at radius 2 is 2.08 bits per heavy atom. The lowest BCUT2D eigenvalue weighted by Gasteiger charge is -2.22. The molecule has 0 unspecified atom stereocenters. The number of likely N-dealkylation sites (tertiary alicyclic amines) is 1. The highest BCUT2D eigenvalue weighted by Crippen LogP contribution is 2.33. The van der Waals surface area contributed by atoms with Crippen molar-refractivity contribution in [1.82, 2.24) is 14.9 Å². The van der Waals surface area contributed by atoms with Crippen LogP contribution in [0, 0.1) is 13.8 Å². The fraction of sp³-hybridized carbons (Fsp3) is 0.444. The molecule has 0 bridgehead atoms. The number of hydrogen-bond donors (Lipinski definition) is 2. The van der Waals surface area contributed by atoms with Crippen LogP contribution in [0.3, 0.4) is 0 Å². The number of carbonyl (C=O) groups is 1. The first-order valence-electron chi connectivity index (χ1n) is 8.16. The molecule has 128 valence electrons. The van der Waals surface area contributed by atoms with E-state index in [9.17, 15) is 4.79 Å². The van der Waals surface area contributed by atoms with E-state index < -0.39 is 5.91 Å². The van der Waals surface area contributed by atoms with Gasteiger partial charge >= 0.3 is 0 Å². The summed E-state index contributed by atoms with van der Waals surface area (Å²) in [5, 5.41) is 0. The number of nitrogens with two attached hydrogens (primary N) is 1. The van der Waals surface area contributed by atoms with Gasteiger partial charge in [-0.15, -0.1) is 0 Å². The molecule has 1 aliphatic heterocycles. The Bertz CT molecular complexity index is 704. The first-order chi connectivity index (χ1) is 11.5. The maximum atomic E-state index is 11.2. The minimum Gasteiger partial charge on any atom is -0.380 e. The van der Waals surface area contributed by atoms with Gasteiger partial charge in [0.25, 0.3) is 0 Å². The highest BCUT2D eigenvalue weighted by Gasteiger charge is 2.35. The second kappa shape index (κ2) is 6.75. The highest BCUT2D eigenvalue weighted by atomic mass is 16.5. The molecule has 3 N–H and O–H groups in total. The molecule has 0 radical (unpaired) electrons. The van der Waals surface area contributed by atoms with Crippen molar-refractivity contribution in [2.45, 2.75) is 39.0 Å². The Morgan fingerprint density at radius 1 is 1.38 bits per heavy atom. The zero-order chi connectivity index (χ0) is 17.3. The number of carbonyl (C=O) groups excluding carboxylic acids is 1. The minimum atomic E-state index is -0.401. The summed E-state index contributed by atoms with van der Waals surface area (Å²) >= 11 is 0. The van der Waals surface area contributed by atoms with Crippen molar-refractivity contribution in [2.24, 2.45) is 5.73 Å². The van der Waals surface area contributed by atoms with Crippen LogP contribution in [0.15, 0.2) is 24.3 Å². The average Bonchev–Trinajstić information content (AvgIpc) is 3.11. The number of ether oxygens (including phenoxy) is 1. The fourth-order valence-corrected chi connectivity index (χ4v) is 3.23. The lowest BCUT2D eigenvalue weighted by atomic mass is 10.1.